The molecule has 124 valence electrons. The first-order valence-corrected chi connectivity index (χ1v) is 9.98. The number of hydrogen-bond donors (Lipinski definition) is 0. The van der Waals surface area contributed by atoms with Crippen molar-refractivity contribution in [2.24, 2.45) is 4.99 Å². The Morgan fingerprint density at radius 3 is 2.83 bits per heavy atom. The first-order chi connectivity index (χ1) is 10.8. The largest absolute Gasteiger partial charge is 0.495 e. The Hall–Kier alpha value is -1.25. The lowest BCUT2D eigenvalue weighted by Gasteiger charge is -2.26. The van der Waals surface area contributed by atoms with Crippen molar-refractivity contribution in [3.05, 3.63) is 23.2 Å². The highest BCUT2D eigenvalue weighted by molar-refractivity contribution is 8.16. The Bertz CT molecular complexity index is 794. The number of anilines is 1. The van der Waals surface area contributed by atoms with Crippen LogP contribution in [0.5, 0.6) is 5.75 Å². The molecule has 0 bridgehead atoms. The number of ether oxygens (including phenoxy) is 1. The molecule has 2 aliphatic rings. The lowest BCUT2D eigenvalue weighted by atomic mass is 10.2. The van der Waals surface area contributed by atoms with Gasteiger partial charge in [0.25, 0.3) is 0 Å². The van der Waals surface area contributed by atoms with Gasteiger partial charge in [0.2, 0.25) is 5.91 Å². The number of methoxy groups -OCH3 is 1. The van der Waals surface area contributed by atoms with Gasteiger partial charge in [-0.05, 0) is 18.2 Å². The molecule has 1 aromatic carbocycles. The lowest BCUT2D eigenvalue weighted by Crippen LogP contribution is -2.37. The van der Waals surface area contributed by atoms with Gasteiger partial charge in [0, 0.05) is 17.2 Å². The first-order valence-electron chi connectivity index (χ1n) is 6.90. The summed E-state index contributed by atoms with van der Waals surface area (Å²) in [5, 5.41) is 0.835. The normalized spacial score (nSPS) is 27.3. The van der Waals surface area contributed by atoms with E-state index in [0.717, 1.165) is 0 Å². The molecular weight excluding hydrogens is 360 g/mol. The summed E-state index contributed by atoms with van der Waals surface area (Å²) in [5.41, 5.74) is 0.622. The minimum Gasteiger partial charge on any atom is -0.495 e. The summed E-state index contributed by atoms with van der Waals surface area (Å²) in [6, 6.07) is 4.82. The Morgan fingerprint density at radius 2 is 2.17 bits per heavy atom. The van der Waals surface area contributed by atoms with Crippen LogP contribution in [0.4, 0.5) is 5.69 Å². The van der Waals surface area contributed by atoms with Crippen LogP contribution in [0.15, 0.2) is 23.2 Å². The number of carbonyl (C=O) groups excluding carboxylic acids is 1. The van der Waals surface area contributed by atoms with Gasteiger partial charge in [-0.2, -0.15) is 4.99 Å². The van der Waals surface area contributed by atoms with Crippen molar-refractivity contribution in [1.82, 2.24) is 0 Å². The molecule has 2 saturated heterocycles. The maximum Gasteiger partial charge on any atom is 0.244 e. The van der Waals surface area contributed by atoms with E-state index >= 15 is 0 Å². The summed E-state index contributed by atoms with van der Waals surface area (Å²) < 4.78 is 29.3. The fourth-order valence-corrected chi connectivity index (χ4v) is 6.95. The van der Waals surface area contributed by atoms with Crippen LogP contribution < -0.4 is 9.64 Å². The zero-order valence-corrected chi connectivity index (χ0v) is 14.9. The number of hydrogen-bond acceptors (Lipinski definition) is 5. The Balaban J connectivity index is 2.12. The van der Waals surface area contributed by atoms with Crippen LogP contribution in [0.3, 0.4) is 0 Å². The average Bonchev–Trinajstić information content (AvgIpc) is 2.88. The van der Waals surface area contributed by atoms with Crippen LogP contribution in [0.1, 0.15) is 6.92 Å². The fourth-order valence-electron chi connectivity index (χ4n) is 2.83. The molecule has 2 fully saturated rings. The number of amides is 1. The van der Waals surface area contributed by atoms with E-state index in [1.807, 2.05) is 0 Å². The smallest absolute Gasteiger partial charge is 0.244 e. The second-order valence-electron chi connectivity index (χ2n) is 5.40. The molecule has 0 saturated carbocycles. The van der Waals surface area contributed by atoms with E-state index in [0.29, 0.717) is 21.6 Å². The number of nitrogens with zero attached hydrogens (tertiary/aromatic N) is 2. The topological polar surface area (TPSA) is 76.0 Å². The summed E-state index contributed by atoms with van der Waals surface area (Å²) in [4.78, 5) is 17.3. The standard InChI is InChI=1S/C14H15ClN2O4S2/c1-8(18)16-14-17(10-5-9(15)3-4-12(10)21-2)11-6-23(19,20)7-13(11)22-14/h3-5,11,13H,6-7H2,1-2H3/t11-,13+/m1/s1. The van der Waals surface area contributed by atoms with Gasteiger partial charge < -0.3 is 9.64 Å². The molecule has 1 aromatic rings. The fraction of sp³-hybridized carbons (Fsp3) is 0.429. The number of benzene rings is 1. The van der Waals surface area contributed by atoms with Gasteiger partial charge in [0.05, 0.1) is 30.3 Å². The van der Waals surface area contributed by atoms with E-state index in [9.17, 15) is 13.2 Å². The van der Waals surface area contributed by atoms with Gasteiger partial charge in [-0.25, -0.2) is 8.42 Å². The SMILES string of the molecule is COc1ccc(Cl)cc1N1C(=NC(C)=O)S[C@H]2CS(=O)(=O)C[C@H]21. The third-order valence-corrected chi connectivity index (χ3v) is 7.16. The van der Waals surface area contributed by atoms with Crippen LogP contribution in [0, 0.1) is 0 Å². The second kappa shape index (κ2) is 5.99. The quantitative estimate of drug-likeness (QED) is 0.787. The molecule has 2 heterocycles. The highest BCUT2D eigenvalue weighted by atomic mass is 35.5. The Kier molecular flexibility index (Phi) is 4.33. The third-order valence-electron chi connectivity index (χ3n) is 3.72. The monoisotopic (exact) mass is 374 g/mol. The van der Waals surface area contributed by atoms with Crippen LogP contribution in [-0.2, 0) is 14.6 Å². The van der Waals surface area contributed by atoms with Crippen molar-refractivity contribution in [1.29, 1.82) is 0 Å². The zero-order chi connectivity index (χ0) is 16.8. The van der Waals surface area contributed by atoms with Crippen LogP contribution in [0.25, 0.3) is 0 Å². The number of carbonyl (C=O) groups is 1. The summed E-state index contributed by atoms with van der Waals surface area (Å²) in [6.45, 7) is 1.37. The van der Waals surface area contributed by atoms with Gasteiger partial charge >= 0.3 is 0 Å². The highest BCUT2D eigenvalue weighted by Gasteiger charge is 2.50. The van der Waals surface area contributed by atoms with Crippen LogP contribution >= 0.6 is 23.4 Å². The highest BCUT2D eigenvalue weighted by Crippen LogP contribution is 2.44. The van der Waals surface area contributed by atoms with Gasteiger partial charge in [0.15, 0.2) is 15.0 Å². The minimum atomic E-state index is -3.10. The predicted octanol–water partition coefficient (Wildman–Crippen LogP) is 1.97. The second-order valence-corrected chi connectivity index (χ2v) is 9.20. The Labute approximate surface area is 143 Å². The van der Waals surface area contributed by atoms with E-state index in [2.05, 4.69) is 4.99 Å². The summed E-state index contributed by atoms with van der Waals surface area (Å²) >= 11 is 7.41. The molecule has 2 aliphatic heterocycles. The first kappa shape index (κ1) is 16.6. The number of rotatable bonds is 2. The average molecular weight is 375 g/mol. The van der Waals surface area contributed by atoms with E-state index in [-0.39, 0.29) is 28.7 Å². The number of fused-ring (bicyclic) bond motifs is 1. The Morgan fingerprint density at radius 1 is 1.43 bits per heavy atom. The molecule has 2 atom stereocenters. The van der Waals surface area contributed by atoms with Crippen LogP contribution in [0.2, 0.25) is 5.02 Å². The van der Waals surface area contributed by atoms with Crippen LogP contribution in [-0.4, -0.2) is 49.4 Å². The summed E-state index contributed by atoms with van der Waals surface area (Å²) in [5.74, 6) is 0.327. The molecule has 0 radical (unpaired) electrons. The van der Waals surface area contributed by atoms with E-state index in [4.69, 9.17) is 16.3 Å². The van der Waals surface area contributed by atoms with Crippen molar-refractivity contribution in [3.8, 4) is 5.75 Å². The van der Waals surface area contributed by atoms with Crippen molar-refractivity contribution in [3.63, 3.8) is 0 Å². The summed E-state index contributed by atoms with van der Waals surface area (Å²) in [7, 11) is -1.58. The van der Waals surface area contributed by atoms with Gasteiger partial charge in [-0.3, -0.25) is 4.79 Å². The van der Waals surface area contributed by atoms with Gasteiger partial charge in [0.1, 0.15) is 5.75 Å². The number of sulfone groups is 1. The maximum atomic E-state index is 12.0. The van der Waals surface area contributed by atoms with Crippen molar-refractivity contribution in [2.75, 3.05) is 23.5 Å². The number of aliphatic imine (C=N–C) groups is 1. The summed E-state index contributed by atoms with van der Waals surface area (Å²) in [6.07, 6.45) is 0. The molecule has 6 nitrogen and oxygen atoms in total. The molecule has 23 heavy (non-hydrogen) atoms. The lowest BCUT2D eigenvalue weighted by molar-refractivity contribution is -0.115. The van der Waals surface area contributed by atoms with E-state index in [1.54, 1.807) is 23.1 Å². The molecule has 1 amide bonds. The minimum absolute atomic E-state index is 0.0251. The van der Waals surface area contributed by atoms with Crippen molar-refractivity contribution >= 4 is 50.0 Å². The van der Waals surface area contributed by atoms with Gasteiger partial charge in [-0.1, -0.05) is 23.4 Å². The predicted molar refractivity (Wildman–Crippen MR) is 92.4 cm³/mol. The van der Waals surface area contributed by atoms with E-state index < -0.39 is 9.84 Å². The third kappa shape index (κ3) is 3.20. The molecule has 0 N–H and O–H groups in total. The maximum absolute atomic E-state index is 12.0. The zero-order valence-electron chi connectivity index (χ0n) is 12.5. The van der Waals surface area contributed by atoms with Crippen molar-refractivity contribution < 1.29 is 17.9 Å². The van der Waals surface area contributed by atoms with Gasteiger partial charge in [-0.15, -0.1) is 0 Å². The van der Waals surface area contributed by atoms with Crippen molar-refractivity contribution in [2.45, 2.75) is 18.2 Å². The molecule has 0 unspecified atom stereocenters. The molecule has 0 aromatic heterocycles. The number of amidine groups is 1. The van der Waals surface area contributed by atoms with E-state index in [1.165, 1.54) is 25.8 Å². The molecule has 3 rings (SSSR count). The molecule has 0 aliphatic carbocycles. The molecular formula is C14H15ClN2O4S2. The molecule has 0 spiro atoms. The number of halogens is 1. The number of thioether (sulfide) groups is 1. The molecule has 9 heteroatoms.